The molecule has 1 unspecified atom stereocenters. The van der Waals surface area contributed by atoms with Gasteiger partial charge in [-0.3, -0.25) is 0 Å². The minimum Gasteiger partial charge on any atom is -0.393 e. The van der Waals surface area contributed by atoms with Gasteiger partial charge in [0, 0.05) is 13.1 Å². The lowest BCUT2D eigenvalue weighted by Gasteiger charge is -2.19. The molecule has 0 saturated carbocycles. The molecule has 0 aliphatic rings. The Balaban J connectivity index is 2.56. The van der Waals surface area contributed by atoms with Crippen molar-refractivity contribution >= 4 is 0 Å². The quantitative estimate of drug-likeness (QED) is 0.826. The van der Waals surface area contributed by atoms with Crippen LogP contribution < -0.4 is 0 Å². The number of benzene rings is 1. The summed E-state index contributed by atoms with van der Waals surface area (Å²) in [5, 5.41) is 9.24. The number of aliphatic hydroxyl groups excluding tert-OH is 1. The van der Waals surface area contributed by atoms with Crippen LogP contribution in [0.5, 0.6) is 0 Å². The highest BCUT2D eigenvalue weighted by Crippen LogP contribution is 2.14. The summed E-state index contributed by atoms with van der Waals surface area (Å²) >= 11 is 0. The van der Waals surface area contributed by atoms with Crippen molar-refractivity contribution in [1.82, 2.24) is 4.90 Å². The Morgan fingerprint density at radius 2 is 2.00 bits per heavy atom. The summed E-state index contributed by atoms with van der Waals surface area (Å²) in [5.41, 5.74) is 4.11. The second-order valence-corrected chi connectivity index (χ2v) is 4.73. The summed E-state index contributed by atoms with van der Waals surface area (Å²) in [4.78, 5) is 2.26. The molecular weight excluding hydrogens is 198 g/mol. The lowest BCUT2D eigenvalue weighted by molar-refractivity contribution is 0.163. The first-order valence-corrected chi connectivity index (χ1v) is 5.92. The number of hydrogen-bond donors (Lipinski definition) is 1. The van der Waals surface area contributed by atoms with Crippen molar-refractivity contribution in [3.05, 3.63) is 34.9 Å². The molecule has 0 spiro atoms. The molecule has 1 aromatic rings. The fourth-order valence-corrected chi connectivity index (χ4v) is 1.76. The van der Waals surface area contributed by atoms with Crippen molar-refractivity contribution < 1.29 is 5.11 Å². The van der Waals surface area contributed by atoms with E-state index in [-0.39, 0.29) is 6.10 Å². The van der Waals surface area contributed by atoms with Gasteiger partial charge in [0.15, 0.2) is 0 Å². The van der Waals surface area contributed by atoms with E-state index in [1.54, 1.807) is 0 Å². The molecule has 0 saturated heterocycles. The molecule has 2 nitrogen and oxygen atoms in total. The van der Waals surface area contributed by atoms with Crippen LogP contribution in [0.15, 0.2) is 18.2 Å². The van der Waals surface area contributed by atoms with Gasteiger partial charge in [-0.05, 0) is 50.9 Å². The molecule has 0 fully saturated rings. The molecule has 2 heteroatoms. The molecule has 0 aromatic heterocycles. The molecule has 0 aliphatic heterocycles. The number of aryl methyl sites for hydroxylation is 1. The Labute approximate surface area is 98.9 Å². The lowest BCUT2D eigenvalue weighted by atomic mass is 10.0. The van der Waals surface area contributed by atoms with Crippen molar-refractivity contribution in [3.63, 3.8) is 0 Å². The number of rotatable bonds is 5. The van der Waals surface area contributed by atoms with Gasteiger partial charge in [0.1, 0.15) is 0 Å². The lowest BCUT2D eigenvalue weighted by Crippen LogP contribution is -2.22. The van der Waals surface area contributed by atoms with Gasteiger partial charge in [-0.1, -0.05) is 18.2 Å². The van der Waals surface area contributed by atoms with Crippen LogP contribution in [0.1, 0.15) is 30.0 Å². The first kappa shape index (κ1) is 13.2. The second kappa shape index (κ2) is 6.02. The monoisotopic (exact) mass is 221 g/mol. The normalized spacial score (nSPS) is 13.1. The number of hydrogen-bond acceptors (Lipinski definition) is 2. The van der Waals surface area contributed by atoms with E-state index < -0.39 is 0 Å². The molecule has 90 valence electrons. The highest BCUT2D eigenvalue weighted by molar-refractivity contribution is 5.32. The zero-order valence-electron chi connectivity index (χ0n) is 10.8. The standard InChI is InChI=1S/C14H23NO/c1-11-6-5-7-14(13(11)3)10-15(4)9-8-12(2)16/h5-7,12,16H,8-10H2,1-4H3. The maximum absolute atomic E-state index is 9.24. The summed E-state index contributed by atoms with van der Waals surface area (Å²) in [6, 6.07) is 6.44. The minimum atomic E-state index is -0.207. The molecule has 0 bridgehead atoms. The molecule has 1 atom stereocenters. The van der Waals surface area contributed by atoms with Crippen molar-refractivity contribution in [1.29, 1.82) is 0 Å². The van der Waals surface area contributed by atoms with Gasteiger partial charge >= 0.3 is 0 Å². The fraction of sp³-hybridized carbons (Fsp3) is 0.571. The highest BCUT2D eigenvalue weighted by atomic mass is 16.3. The van der Waals surface area contributed by atoms with E-state index in [9.17, 15) is 5.11 Å². The molecule has 1 rings (SSSR count). The fourth-order valence-electron chi connectivity index (χ4n) is 1.76. The first-order valence-electron chi connectivity index (χ1n) is 5.92. The van der Waals surface area contributed by atoms with Crippen molar-refractivity contribution in [2.75, 3.05) is 13.6 Å². The third-order valence-electron chi connectivity index (χ3n) is 3.09. The van der Waals surface area contributed by atoms with Gasteiger partial charge < -0.3 is 10.0 Å². The third-order valence-corrected chi connectivity index (χ3v) is 3.09. The van der Waals surface area contributed by atoms with Crippen LogP contribution in [0.3, 0.4) is 0 Å². The zero-order valence-corrected chi connectivity index (χ0v) is 10.8. The van der Waals surface area contributed by atoms with E-state index >= 15 is 0 Å². The van der Waals surface area contributed by atoms with Crippen molar-refractivity contribution in [2.45, 2.75) is 39.8 Å². The molecular formula is C14H23NO. The topological polar surface area (TPSA) is 23.5 Å². The van der Waals surface area contributed by atoms with Gasteiger partial charge in [-0.25, -0.2) is 0 Å². The van der Waals surface area contributed by atoms with Gasteiger partial charge in [-0.2, -0.15) is 0 Å². The largest absolute Gasteiger partial charge is 0.393 e. The molecule has 1 aromatic carbocycles. The second-order valence-electron chi connectivity index (χ2n) is 4.73. The van der Waals surface area contributed by atoms with E-state index in [2.05, 4.69) is 44.0 Å². The summed E-state index contributed by atoms with van der Waals surface area (Å²) in [6.07, 6.45) is 0.627. The Morgan fingerprint density at radius 3 is 2.62 bits per heavy atom. The van der Waals surface area contributed by atoms with Crippen LogP contribution in [0.25, 0.3) is 0 Å². The summed E-state index contributed by atoms with van der Waals surface area (Å²) in [6.45, 7) is 8.05. The Kier molecular flexibility index (Phi) is 4.97. The number of nitrogens with zero attached hydrogens (tertiary/aromatic N) is 1. The van der Waals surface area contributed by atoms with Gasteiger partial charge in [0.2, 0.25) is 0 Å². The van der Waals surface area contributed by atoms with Crippen molar-refractivity contribution in [2.24, 2.45) is 0 Å². The van der Waals surface area contributed by atoms with Gasteiger partial charge in [0.05, 0.1) is 6.10 Å². The maximum Gasteiger partial charge on any atom is 0.0524 e. The van der Waals surface area contributed by atoms with Crippen LogP contribution in [-0.2, 0) is 6.54 Å². The maximum atomic E-state index is 9.24. The smallest absolute Gasteiger partial charge is 0.0524 e. The molecule has 0 heterocycles. The van der Waals surface area contributed by atoms with Crippen LogP contribution in [0.4, 0.5) is 0 Å². The van der Waals surface area contributed by atoms with E-state index in [4.69, 9.17) is 0 Å². The summed E-state index contributed by atoms with van der Waals surface area (Å²) in [7, 11) is 2.10. The average molecular weight is 221 g/mol. The highest BCUT2D eigenvalue weighted by Gasteiger charge is 2.05. The molecule has 16 heavy (non-hydrogen) atoms. The Bertz CT molecular complexity index is 334. The molecule has 0 amide bonds. The van der Waals surface area contributed by atoms with Gasteiger partial charge in [0.25, 0.3) is 0 Å². The molecule has 0 aliphatic carbocycles. The minimum absolute atomic E-state index is 0.207. The first-order chi connectivity index (χ1) is 7.50. The predicted molar refractivity (Wildman–Crippen MR) is 68.5 cm³/mol. The predicted octanol–water partition coefficient (Wildman–Crippen LogP) is 2.51. The van der Waals surface area contributed by atoms with E-state index in [1.165, 1.54) is 16.7 Å². The summed E-state index contributed by atoms with van der Waals surface area (Å²) in [5.74, 6) is 0. The Morgan fingerprint density at radius 1 is 1.31 bits per heavy atom. The van der Waals surface area contributed by atoms with Crippen LogP contribution in [-0.4, -0.2) is 29.7 Å². The van der Waals surface area contributed by atoms with Crippen LogP contribution >= 0.6 is 0 Å². The molecule has 1 N–H and O–H groups in total. The van der Waals surface area contributed by atoms with E-state index in [1.807, 2.05) is 6.92 Å². The van der Waals surface area contributed by atoms with E-state index in [0.717, 1.165) is 19.5 Å². The van der Waals surface area contributed by atoms with E-state index in [0.29, 0.717) is 0 Å². The van der Waals surface area contributed by atoms with Crippen LogP contribution in [0, 0.1) is 13.8 Å². The third kappa shape index (κ3) is 3.95. The Hall–Kier alpha value is -0.860. The number of aliphatic hydroxyl groups is 1. The van der Waals surface area contributed by atoms with Crippen LogP contribution in [0.2, 0.25) is 0 Å². The average Bonchev–Trinajstić information content (AvgIpc) is 2.22. The summed E-state index contributed by atoms with van der Waals surface area (Å²) < 4.78 is 0. The van der Waals surface area contributed by atoms with Crippen molar-refractivity contribution in [3.8, 4) is 0 Å². The zero-order chi connectivity index (χ0) is 12.1. The van der Waals surface area contributed by atoms with Gasteiger partial charge in [-0.15, -0.1) is 0 Å². The molecule has 0 radical (unpaired) electrons. The SMILES string of the molecule is Cc1cccc(CN(C)CCC(C)O)c1C.